The van der Waals surface area contributed by atoms with Gasteiger partial charge in [-0.25, -0.2) is 13.1 Å². The number of benzene rings is 1. The number of nitrogens with zero attached hydrogens (tertiary/aromatic N) is 1. The molecule has 112 valence electrons. The molecule has 1 aromatic heterocycles. The fraction of sp³-hybridized carbons (Fsp3) is 0.214. The monoisotopic (exact) mass is 306 g/mol. The van der Waals surface area contributed by atoms with Gasteiger partial charge in [-0.05, 0) is 49.4 Å². The van der Waals surface area contributed by atoms with Gasteiger partial charge >= 0.3 is 0 Å². The molecule has 0 amide bonds. The van der Waals surface area contributed by atoms with E-state index in [1.54, 1.807) is 18.5 Å². The average Bonchev–Trinajstić information content (AvgIpc) is 2.50. The summed E-state index contributed by atoms with van der Waals surface area (Å²) in [5.74, 6) is 0. The summed E-state index contributed by atoms with van der Waals surface area (Å²) in [6.45, 7) is 0.650. The van der Waals surface area contributed by atoms with Gasteiger partial charge in [-0.15, -0.1) is 0 Å². The zero-order valence-electron chi connectivity index (χ0n) is 11.7. The number of hydrogen-bond donors (Lipinski definition) is 3. The first-order chi connectivity index (χ1) is 10.0. The molecule has 0 unspecified atom stereocenters. The summed E-state index contributed by atoms with van der Waals surface area (Å²) in [5.41, 5.74) is 8.14. The van der Waals surface area contributed by atoms with Crippen LogP contribution in [0.1, 0.15) is 5.56 Å². The van der Waals surface area contributed by atoms with Crippen molar-refractivity contribution in [3.05, 3.63) is 48.3 Å². The lowest BCUT2D eigenvalue weighted by Crippen LogP contribution is -2.19. The minimum absolute atomic E-state index is 0.186. The molecule has 6 nitrogen and oxygen atoms in total. The molecule has 0 radical (unpaired) electrons. The minimum Gasteiger partial charge on any atom is -0.397 e. The van der Waals surface area contributed by atoms with E-state index < -0.39 is 10.0 Å². The highest BCUT2D eigenvalue weighted by atomic mass is 32.2. The average molecular weight is 306 g/mol. The summed E-state index contributed by atoms with van der Waals surface area (Å²) in [5, 5.41) is 3.16. The Balaban J connectivity index is 2.08. The van der Waals surface area contributed by atoms with E-state index in [-0.39, 0.29) is 4.90 Å². The third-order valence-electron chi connectivity index (χ3n) is 3.08. The largest absolute Gasteiger partial charge is 0.397 e. The molecule has 0 saturated heterocycles. The van der Waals surface area contributed by atoms with Crippen molar-refractivity contribution in [3.63, 3.8) is 0 Å². The van der Waals surface area contributed by atoms with Crippen molar-refractivity contribution in [3.8, 4) is 0 Å². The Labute approximate surface area is 124 Å². The third kappa shape index (κ3) is 3.93. The van der Waals surface area contributed by atoms with Gasteiger partial charge in [-0.2, -0.15) is 0 Å². The number of nitrogens with two attached hydrogens (primary N) is 1. The molecule has 4 N–H and O–H groups in total. The molecule has 0 aliphatic heterocycles. The molecule has 0 aliphatic carbocycles. The van der Waals surface area contributed by atoms with Crippen LogP contribution in [0.2, 0.25) is 0 Å². The highest BCUT2D eigenvalue weighted by molar-refractivity contribution is 7.89. The van der Waals surface area contributed by atoms with Crippen LogP contribution in [-0.2, 0) is 16.4 Å². The molecule has 0 atom stereocenters. The Bertz CT molecular complexity index is 702. The van der Waals surface area contributed by atoms with Crippen LogP contribution in [0.4, 0.5) is 11.4 Å². The van der Waals surface area contributed by atoms with Crippen molar-refractivity contribution in [2.75, 3.05) is 24.6 Å². The Morgan fingerprint density at radius 3 is 2.57 bits per heavy atom. The number of pyridine rings is 1. The Hall–Kier alpha value is -2.12. The number of rotatable bonds is 6. The van der Waals surface area contributed by atoms with Gasteiger partial charge in [0.2, 0.25) is 10.0 Å². The Kier molecular flexibility index (Phi) is 4.77. The molecule has 1 aromatic carbocycles. The second-order valence-corrected chi connectivity index (χ2v) is 6.38. The number of nitrogens with one attached hydrogen (secondary N) is 2. The topological polar surface area (TPSA) is 97.1 Å². The summed E-state index contributed by atoms with van der Waals surface area (Å²) in [7, 11) is -2.09. The van der Waals surface area contributed by atoms with Crippen LogP contribution >= 0.6 is 0 Å². The molecular formula is C14H18N4O2S. The smallest absolute Gasteiger partial charge is 0.240 e. The van der Waals surface area contributed by atoms with Gasteiger partial charge in [0.25, 0.3) is 0 Å². The molecule has 7 heteroatoms. The van der Waals surface area contributed by atoms with Gasteiger partial charge in [-0.1, -0.05) is 0 Å². The van der Waals surface area contributed by atoms with E-state index in [1.807, 2.05) is 12.1 Å². The summed E-state index contributed by atoms with van der Waals surface area (Å²) in [4.78, 5) is 4.15. The van der Waals surface area contributed by atoms with Crippen LogP contribution in [0.15, 0.2) is 47.6 Å². The number of sulfonamides is 1. The zero-order valence-corrected chi connectivity index (χ0v) is 12.5. The maximum Gasteiger partial charge on any atom is 0.240 e. The fourth-order valence-corrected chi connectivity index (χ4v) is 2.62. The molecular weight excluding hydrogens is 288 g/mol. The van der Waals surface area contributed by atoms with Crippen LogP contribution in [-0.4, -0.2) is 27.0 Å². The normalized spacial score (nSPS) is 11.3. The number of anilines is 2. The summed E-state index contributed by atoms with van der Waals surface area (Å²) in [6, 6.07) is 8.47. The van der Waals surface area contributed by atoms with E-state index in [9.17, 15) is 8.42 Å². The molecule has 21 heavy (non-hydrogen) atoms. The van der Waals surface area contributed by atoms with Crippen molar-refractivity contribution in [2.45, 2.75) is 11.3 Å². The molecule has 0 spiro atoms. The molecule has 0 bridgehead atoms. The minimum atomic E-state index is -3.47. The molecule has 2 rings (SSSR count). The SMILES string of the molecule is CNS(=O)(=O)c1ccc(N)c(NCCc2ccncc2)c1. The first-order valence-corrected chi connectivity index (χ1v) is 7.97. The number of nitrogen functional groups attached to an aromatic ring is 1. The van der Waals surface area contributed by atoms with Crippen molar-refractivity contribution in [1.29, 1.82) is 0 Å². The van der Waals surface area contributed by atoms with Crippen LogP contribution in [0.3, 0.4) is 0 Å². The summed E-state index contributed by atoms with van der Waals surface area (Å²) in [6.07, 6.45) is 4.28. The third-order valence-corrected chi connectivity index (χ3v) is 4.49. The van der Waals surface area contributed by atoms with Gasteiger partial charge < -0.3 is 11.1 Å². The van der Waals surface area contributed by atoms with E-state index in [0.29, 0.717) is 17.9 Å². The first-order valence-electron chi connectivity index (χ1n) is 6.49. The second-order valence-electron chi connectivity index (χ2n) is 4.49. The highest BCUT2D eigenvalue weighted by Gasteiger charge is 2.12. The van der Waals surface area contributed by atoms with Crippen molar-refractivity contribution in [2.24, 2.45) is 0 Å². The van der Waals surface area contributed by atoms with Crippen LogP contribution in [0.25, 0.3) is 0 Å². The zero-order chi connectivity index (χ0) is 15.3. The van der Waals surface area contributed by atoms with Gasteiger partial charge in [0, 0.05) is 18.9 Å². The van der Waals surface area contributed by atoms with Gasteiger partial charge in [0.05, 0.1) is 16.3 Å². The van der Waals surface area contributed by atoms with Crippen molar-refractivity contribution >= 4 is 21.4 Å². The second kappa shape index (κ2) is 6.55. The summed E-state index contributed by atoms with van der Waals surface area (Å²) < 4.78 is 25.8. The fourth-order valence-electron chi connectivity index (χ4n) is 1.86. The van der Waals surface area contributed by atoms with E-state index >= 15 is 0 Å². The Morgan fingerprint density at radius 1 is 1.19 bits per heavy atom. The molecule has 0 aliphatic rings. The maximum absolute atomic E-state index is 11.8. The number of hydrogen-bond acceptors (Lipinski definition) is 5. The number of aromatic nitrogens is 1. The van der Waals surface area contributed by atoms with Crippen LogP contribution in [0, 0.1) is 0 Å². The predicted octanol–water partition coefficient (Wildman–Crippen LogP) is 1.23. The molecule has 0 fully saturated rings. The van der Waals surface area contributed by atoms with E-state index in [4.69, 9.17) is 5.73 Å². The summed E-state index contributed by atoms with van der Waals surface area (Å²) >= 11 is 0. The van der Waals surface area contributed by atoms with E-state index in [2.05, 4.69) is 15.0 Å². The van der Waals surface area contributed by atoms with Crippen molar-refractivity contribution in [1.82, 2.24) is 9.71 Å². The van der Waals surface area contributed by atoms with Crippen LogP contribution in [0.5, 0.6) is 0 Å². The van der Waals surface area contributed by atoms with Gasteiger partial charge in [-0.3, -0.25) is 4.98 Å². The van der Waals surface area contributed by atoms with Gasteiger partial charge in [0.1, 0.15) is 0 Å². The van der Waals surface area contributed by atoms with E-state index in [1.165, 1.54) is 19.2 Å². The Morgan fingerprint density at radius 2 is 1.90 bits per heavy atom. The molecule has 0 saturated carbocycles. The first kappa shape index (κ1) is 15.3. The predicted molar refractivity (Wildman–Crippen MR) is 83.5 cm³/mol. The van der Waals surface area contributed by atoms with Crippen LogP contribution < -0.4 is 15.8 Å². The van der Waals surface area contributed by atoms with Crippen molar-refractivity contribution < 1.29 is 8.42 Å². The lowest BCUT2D eigenvalue weighted by molar-refractivity contribution is 0.588. The lowest BCUT2D eigenvalue weighted by atomic mass is 10.2. The standard InChI is InChI=1S/C14H18N4O2S/c1-16-21(19,20)12-2-3-13(15)14(10-12)18-9-6-11-4-7-17-8-5-11/h2-5,7-8,10,16,18H,6,9,15H2,1H3. The molecule has 2 aromatic rings. The quantitative estimate of drug-likeness (QED) is 0.697. The highest BCUT2D eigenvalue weighted by Crippen LogP contribution is 2.22. The molecule has 1 heterocycles. The maximum atomic E-state index is 11.8. The lowest BCUT2D eigenvalue weighted by Gasteiger charge is -2.11. The van der Waals surface area contributed by atoms with E-state index in [0.717, 1.165) is 12.0 Å². The van der Waals surface area contributed by atoms with Gasteiger partial charge in [0.15, 0.2) is 0 Å².